The van der Waals surface area contributed by atoms with Gasteiger partial charge in [0.2, 0.25) is 0 Å². The summed E-state index contributed by atoms with van der Waals surface area (Å²) in [6.07, 6.45) is 3.46. The second kappa shape index (κ2) is 5.41. The molecule has 0 aromatic carbocycles. The van der Waals surface area contributed by atoms with Crippen LogP contribution in [-0.4, -0.2) is 22.8 Å². The van der Waals surface area contributed by atoms with Gasteiger partial charge in [0.15, 0.2) is 0 Å². The molecule has 1 aromatic heterocycles. The predicted molar refractivity (Wildman–Crippen MR) is 64.7 cm³/mol. The summed E-state index contributed by atoms with van der Waals surface area (Å²) in [5.74, 6) is 0. The van der Waals surface area contributed by atoms with Crippen molar-refractivity contribution in [2.75, 3.05) is 6.61 Å². The molecule has 4 nitrogen and oxygen atoms in total. The average molecular weight is 239 g/mol. The summed E-state index contributed by atoms with van der Waals surface area (Å²) < 4.78 is 5.48. The number of hydrogen-bond acceptors (Lipinski definition) is 5. The smallest absolute Gasteiger partial charge is 0.294 e. The normalized spacial score (nSPS) is 15.1. The maximum Gasteiger partial charge on any atom is 0.294 e. The molecule has 1 saturated carbocycles. The van der Waals surface area contributed by atoms with Crippen molar-refractivity contribution in [2.24, 2.45) is 0 Å². The number of aromatic nitrogens is 2. The van der Waals surface area contributed by atoms with Crippen molar-refractivity contribution in [1.82, 2.24) is 15.5 Å². The van der Waals surface area contributed by atoms with Gasteiger partial charge in [-0.25, -0.2) is 0 Å². The van der Waals surface area contributed by atoms with Crippen LogP contribution < -0.4 is 10.1 Å². The van der Waals surface area contributed by atoms with E-state index in [2.05, 4.69) is 22.1 Å². The lowest BCUT2D eigenvalue weighted by Gasteiger charge is -2.00. The van der Waals surface area contributed by atoms with E-state index in [-0.39, 0.29) is 0 Å². The van der Waals surface area contributed by atoms with Crippen LogP contribution in [0.15, 0.2) is 12.2 Å². The highest BCUT2D eigenvalue weighted by molar-refractivity contribution is 7.13. The molecule has 0 amide bonds. The van der Waals surface area contributed by atoms with Crippen LogP contribution >= 0.6 is 11.3 Å². The van der Waals surface area contributed by atoms with E-state index in [4.69, 9.17) is 4.74 Å². The first-order chi connectivity index (χ1) is 7.74. The third kappa shape index (κ3) is 3.90. The van der Waals surface area contributed by atoms with Gasteiger partial charge in [-0.05, 0) is 19.8 Å². The lowest BCUT2D eigenvalue weighted by Crippen LogP contribution is -2.14. The molecule has 2 rings (SSSR count). The van der Waals surface area contributed by atoms with E-state index in [1.54, 1.807) is 0 Å². The van der Waals surface area contributed by atoms with Crippen molar-refractivity contribution in [2.45, 2.75) is 38.8 Å². The predicted octanol–water partition coefficient (Wildman–Crippen LogP) is 2.14. The standard InChI is InChI=1S/C11H17N3OS/c1-8(2)5-6-15-11-14-13-10(16-11)7-12-9-3-4-9/h9,12H,1,3-7H2,2H3. The molecule has 1 aliphatic carbocycles. The minimum Gasteiger partial charge on any atom is -0.469 e. The SMILES string of the molecule is C=C(C)CCOc1nnc(CNC2CC2)s1. The van der Waals surface area contributed by atoms with Gasteiger partial charge in [0, 0.05) is 12.5 Å². The lowest BCUT2D eigenvalue weighted by atomic mass is 10.3. The van der Waals surface area contributed by atoms with E-state index in [0.29, 0.717) is 17.8 Å². The van der Waals surface area contributed by atoms with Crippen LogP contribution in [0.3, 0.4) is 0 Å². The lowest BCUT2D eigenvalue weighted by molar-refractivity contribution is 0.317. The van der Waals surface area contributed by atoms with E-state index in [9.17, 15) is 0 Å². The van der Waals surface area contributed by atoms with Crippen LogP contribution in [0.25, 0.3) is 0 Å². The number of hydrogen-bond donors (Lipinski definition) is 1. The molecule has 1 aliphatic rings. The Bertz CT molecular complexity index is 360. The molecule has 16 heavy (non-hydrogen) atoms. The monoisotopic (exact) mass is 239 g/mol. The molecule has 88 valence electrons. The van der Waals surface area contributed by atoms with Gasteiger partial charge in [0.25, 0.3) is 5.19 Å². The maximum absolute atomic E-state index is 5.48. The third-order valence-corrected chi connectivity index (χ3v) is 3.16. The van der Waals surface area contributed by atoms with Gasteiger partial charge in [-0.3, -0.25) is 0 Å². The number of nitrogens with zero attached hydrogens (tertiary/aromatic N) is 2. The number of ether oxygens (including phenoxy) is 1. The summed E-state index contributed by atoms with van der Waals surface area (Å²) in [6, 6.07) is 0.705. The largest absolute Gasteiger partial charge is 0.469 e. The van der Waals surface area contributed by atoms with E-state index < -0.39 is 0 Å². The van der Waals surface area contributed by atoms with Gasteiger partial charge in [0.05, 0.1) is 13.2 Å². The Hall–Kier alpha value is -0.940. The minimum absolute atomic E-state index is 0.639. The summed E-state index contributed by atoms with van der Waals surface area (Å²) in [5, 5.41) is 13.1. The molecular formula is C11H17N3OS. The van der Waals surface area contributed by atoms with E-state index in [1.165, 1.54) is 24.2 Å². The van der Waals surface area contributed by atoms with Crippen LogP contribution in [0.2, 0.25) is 0 Å². The second-order valence-electron chi connectivity index (χ2n) is 4.17. The average Bonchev–Trinajstić information content (AvgIpc) is 2.96. The highest BCUT2D eigenvalue weighted by Crippen LogP contribution is 2.22. The van der Waals surface area contributed by atoms with Gasteiger partial charge in [-0.1, -0.05) is 16.9 Å². The summed E-state index contributed by atoms with van der Waals surface area (Å²) in [6.45, 7) is 7.27. The zero-order valence-corrected chi connectivity index (χ0v) is 10.3. The molecule has 0 bridgehead atoms. The molecule has 0 spiro atoms. The Morgan fingerprint density at radius 2 is 2.38 bits per heavy atom. The van der Waals surface area contributed by atoms with Crippen LogP contribution in [-0.2, 0) is 6.54 Å². The molecule has 5 heteroatoms. The number of nitrogens with one attached hydrogen (secondary N) is 1. The first-order valence-electron chi connectivity index (χ1n) is 5.57. The first kappa shape index (κ1) is 11.5. The van der Waals surface area contributed by atoms with Crippen molar-refractivity contribution in [1.29, 1.82) is 0 Å². The fourth-order valence-electron chi connectivity index (χ4n) is 1.20. The van der Waals surface area contributed by atoms with E-state index in [1.807, 2.05) is 6.92 Å². The molecule has 0 saturated heterocycles. The molecule has 1 N–H and O–H groups in total. The fourth-order valence-corrected chi connectivity index (χ4v) is 1.86. The summed E-state index contributed by atoms with van der Waals surface area (Å²) in [5.41, 5.74) is 1.13. The molecule has 0 radical (unpaired) electrons. The zero-order chi connectivity index (χ0) is 11.4. The van der Waals surface area contributed by atoms with Crippen molar-refractivity contribution in [3.63, 3.8) is 0 Å². The quantitative estimate of drug-likeness (QED) is 0.740. The third-order valence-electron chi connectivity index (χ3n) is 2.32. The molecular weight excluding hydrogens is 222 g/mol. The second-order valence-corrected chi connectivity index (χ2v) is 5.20. The van der Waals surface area contributed by atoms with Gasteiger partial charge in [-0.2, -0.15) is 0 Å². The summed E-state index contributed by atoms with van der Waals surface area (Å²) in [4.78, 5) is 0. The van der Waals surface area contributed by atoms with Gasteiger partial charge >= 0.3 is 0 Å². The Morgan fingerprint density at radius 1 is 1.56 bits per heavy atom. The highest BCUT2D eigenvalue weighted by Gasteiger charge is 2.20. The summed E-state index contributed by atoms with van der Waals surface area (Å²) in [7, 11) is 0. The Kier molecular flexibility index (Phi) is 3.90. The maximum atomic E-state index is 5.48. The van der Waals surface area contributed by atoms with E-state index in [0.717, 1.165) is 23.5 Å². The molecule has 0 aliphatic heterocycles. The van der Waals surface area contributed by atoms with Gasteiger partial charge in [0.1, 0.15) is 5.01 Å². The van der Waals surface area contributed by atoms with Crippen molar-refractivity contribution >= 4 is 11.3 Å². The van der Waals surface area contributed by atoms with Gasteiger partial charge in [-0.15, -0.1) is 16.8 Å². The molecule has 1 aromatic rings. The molecule has 0 unspecified atom stereocenters. The van der Waals surface area contributed by atoms with Crippen LogP contribution in [0.5, 0.6) is 5.19 Å². The van der Waals surface area contributed by atoms with Gasteiger partial charge < -0.3 is 10.1 Å². The molecule has 0 atom stereocenters. The minimum atomic E-state index is 0.639. The van der Waals surface area contributed by atoms with E-state index >= 15 is 0 Å². The fraction of sp³-hybridized carbons (Fsp3) is 0.636. The molecule has 1 fully saturated rings. The topological polar surface area (TPSA) is 47.0 Å². The number of rotatable bonds is 7. The highest BCUT2D eigenvalue weighted by atomic mass is 32.1. The Balaban J connectivity index is 1.70. The summed E-state index contributed by atoms with van der Waals surface area (Å²) >= 11 is 1.52. The van der Waals surface area contributed by atoms with Crippen molar-refractivity contribution in [3.05, 3.63) is 17.2 Å². The molecule has 1 heterocycles. The van der Waals surface area contributed by atoms with Crippen molar-refractivity contribution < 1.29 is 4.74 Å². The van der Waals surface area contributed by atoms with Crippen LogP contribution in [0.1, 0.15) is 31.2 Å². The van der Waals surface area contributed by atoms with Crippen LogP contribution in [0, 0.1) is 0 Å². The first-order valence-corrected chi connectivity index (χ1v) is 6.38. The Morgan fingerprint density at radius 3 is 3.06 bits per heavy atom. The van der Waals surface area contributed by atoms with Crippen LogP contribution in [0.4, 0.5) is 0 Å². The Labute approximate surface area is 99.7 Å². The van der Waals surface area contributed by atoms with Crippen molar-refractivity contribution in [3.8, 4) is 5.19 Å². The zero-order valence-electron chi connectivity index (χ0n) is 9.53.